The molecule has 0 aromatic carbocycles. The molecule has 2 aliphatic rings. The van der Waals surface area contributed by atoms with E-state index in [1.165, 1.54) is 17.1 Å². The number of nitrogen functional groups attached to an aromatic ring is 1. The number of anilines is 1. The van der Waals surface area contributed by atoms with Gasteiger partial charge in [0.15, 0.2) is 10.8 Å². The number of hydrogen-bond donors (Lipinski definition) is 5. The van der Waals surface area contributed by atoms with Crippen LogP contribution in [0.3, 0.4) is 0 Å². The molecule has 0 fully saturated rings. The fraction of sp³-hybridized carbons (Fsp3) is 0.412. The molecule has 0 bridgehead atoms. The third kappa shape index (κ3) is 7.12. The normalized spacial score (nSPS) is 19.7. The van der Waals surface area contributed by atoms with E-state index < -0.39 is 30.4 Å². The average molecular weight is 488 g/mol. The van der Waals surface area contributed by atoms with Crippen molar-refractivity contribution >= 4 is 57.8 Å². The van der Waals surface area contributed by atoms with E-state index in [4.69, 9.17) is 25.5 Å². The van der Waals surface area contributed by atoms with Crippen LogP contribution in [0.4, 0.5) is 5.13 Å². The number of nitrogens with one attached hydrogen (secondary N) is 2. The molecule has 13 nitrogen and oxygen atoms in total. The zero-order valence-corrected chi connectivity index (χ0v) is 18.6. The maximum atomic E-state index is 12.5. The van der Waals surface area contributed by atoms with E-state index in [-0.39, 0.29) is 34.6 Å². The fourth-order valence-electron chi connectivity index (χ4n) is 2.49. The minimum absolute atomic E-state index is 0.174. The monoisotopic (exact) mass is 487 g/mol. The molecule has 2 atom stereocenters. The first-order chi connectivity index (χ1) is 15.1. The van der Waals surface area contributed by atoms with Crippen molar-refractivity contribution in [3.05, 3.63) is 22.3 Å². The summed E-state index contributed by atoms with van der Waals surface area (Å²) in [6.45, 7) is 2.37. The lowest BCUT2D eigenvalue weighted by Crippen LogP contribution is -2.44. The molecule has 0 radical (unpaired) electrons. The number of aliphatic carboxylic acids is 2. The van der Waals surface area contributed by atoms with Gasteiger partial charge < -0.3 is 36.2 Å². The molecule has 15 heteroatoms. The first-order valence-corrected chi connectivity index (χ1v) is 10.9. The van der Waals surface area contributed by atoms with Gasteiger partial charge in [0.05, 0.1) is 5.37 Å². The number of carbonyl (C=O) groups is 4. The van der Waals surface area contributed by atoms with Crippen LogP contribution in [0, 0.1) is 0 Å². The Kier molecular flexibility index (Phi) is 8.83. The molecule has 1 aromatic rings. The van der Waals surface area contributed by atoms with Crippen molar-refractivity contribution in [2.24, 2.45) is 5.16 Å². The lowest BCUT2D eigenvalue weighted by atomic mass is 10.1. The summed E-state index contributed by atoms with van der Waals surface area (Å²) in [5, 5.41) is 26.9. The zero-order chi connectivity index (χ0) is 23.8. The summed E-state index contributed by atoms with van der Waals surface area (Å²) in [5.74, 6) is -2.46. The van der Waals surface area contributed by atoms with E-state index in [9.17, 15) is 14.4 Å². The highest BCUT2D eigenvalue weighted by molar-refractivity contribution is 8.00. The van der Waals surface area contributed by atoms with Crippen molar-refractivity contribution in [3.8, 4) is 0 Å². The van der Waals surface area contributed by atoms with E-state index >= 15 is 0 Å². The molecule has 6 N–H and O–H groups in total. The Labute approximate surface area is 190 Å². The Morgan fingerprint density at radius 2 is 2.12 bits per heavy atom. The number of nitrogens with two attached hydrogens (primary N) is 1. The van der Waals surface area contributed by atoms with E-state index in [0.717, 1.165) is 23.8 Å². The molecule has 1 amide bonds. The predicted octanol–water partition coefficient (Wildman–Crippen LogP) is -0.400. The second kappa shape index (κ2) is 11.3. The first kappa shape index (κ1) is 24.9. The van der Waals surface area contributed by atoms with E-state index in [1.807, 2.05) is 6.92 Å². The minimum Gasteiger partial charge on any atom is -0.481 e. The van der Waals surface area contributed by atoms with Gasteiger partial charge >= 0.3 is 11.9 Å². The Morgan fingerprint density at radius 1 is 1.44 bits per heavy atom. The lowest BCUT2D eigenvalue weighted by Gasteiger charge is -2.24. The molecule has 3 heterocycles. The summed E-state index contributed by atoms with van der Waals surface area (Å²) in [6, 6.07) is 0. The number of carboxylic acid groups (broad SMARTS) is 2. The molecule has 0 saturated carbocycles. The summed E-state index contributed by atoms with van der Waals surface area (Å²) in [7, 11) is 0. The quantitative estimate of drug-likeness (QED) is 0.189. The summed E-state index contributed by atoms with van der Waals surface area (Å²) < 4.78 is 5.17. The van der Waals surface area contributed by atoms with Crippen molar-refractivity contribution < 1.29 is 39.0 Å². The first-order valence-electron chi connectivity index (χ1n) is 9.01. The number of cyclic esters (lactones) is 1. The molecule has 0 saturated heterocycles. The van der Waals surface area contributed by atoms with Gasteiger partial charge in [-0.1, -0.05) is 5.16 Å². The summed E-state index contributed by atoms with van der Waals surface area (Å²) in [6.07, 6.45) is -0.252. The molecule has 2 aliphatic heterocycles. The average Bonchev–Trinajstić information content (AvgIpc) is 3.25. The van der Waals surface area contributed by atoms with Crippen molar-refractivity contribution in [1.82, 2.24) is 15.6 Å². The van der Waals surface area contributed by atoms with Crippen molar-refractivity contribution in [2.75, 3.05) is 24.6 Å². The van der Waals surface area contributed by atoms with Gasteiger partial charge in [0.2, 0.25) is 6.61 Å². The van der Waals surface area contributed by atoms with Crippen LogP contribution in [0.2, 0.25) is 0 Å². The minimum atomic E-state index is -1.23. The SMILES string of the molecule is CC(=O)O.CC1OC(=O)C2=C1CS[C@H](CNC(=O)/C(=N/OCC(=O)O)c1csc(N)n1)N2. The second-order valence-electron chi connectivity index (χ2n) is 6.30. The molecular weight excluding hydrogens is 466 g/mol. The lowest BCUT2D eigenvalue weighted by molar-refractivity contribution is -0.142. The van der Waals surface area contributed by atoms with Crippen LogP contribution in [0.1, 0.15) is 19.5 Å². The highest BCUT2D eigenvalue weighted by Crippen LogP contribution is 2.30. The number of amides is 1. The van der Waals surface area contributed by atoms with Crippen LogP contribution in [0.15, 0.2) is 21.8 Å². The molecule has 3 rings (SSSR count). The Hall–Kier alpha value is -3.33. The van der Waals surface area contributed by atoms with Crippen molar-refractivity contribution in [1.29, 1.82) is 0 Å². The Balaban J connectivity index is 0.000000837. The summed E-state index contributed by atoms with van der Waals surface area (Å²) in [5.41, 5.74) is 6.91. The molecule has 32 heavy (non-hydrogen) atoms. The van der Waals surface area contributed by atoms with E-state index in [1.54, 1.807) is 0 Å². The third-order valence-corrected chi connectivity index (χ3v) is 5.66. The summed E-state index contributed by atoms with van der Waals surface area (Å²) in [4.78, 5) is 52.6. The fourth-order valence-corrected chi connectivity index (χ4v) is 4.20. The number of thioether (sulfide) groups is 1. The largest absolute Gasteiger partial charge is 0.481 e. The molecule has 1 aromatic heterocycles. The number of aromatic nitrogens is 1. The maximum absolute atomic E-state index is 12.5. The zero-order valence-electron chi connectivity index (χ0n) is 17.0. The van der Waals surface area contributed by atoms with Gasteiger partial charge in [-0.15, -0.1) is 23.1 Å². The Bertz CT molecular complexity index is 956. The van der Waals surface area contributed by atoms with Gasteiger partial charge in [-0.05, 0) is 6.92 Å². The standard InChI is InChI=1S/C15H17N5O6S2.C2H4O2/c1-6-7-4-27-9(19-11(7)14(24)26-6)2-17-13(23)12(20-25-3-10(21)22)8-5-28-15(16)18-8;1-2(3)4/h5-6,9,19H,2-4H2,1H3,(H2,16,18)(H,17,23)(H,21,22);1H3,(H,3,4)/b20-12+;/t6?,9-;/m1./s1. The molecule has 0 aliphatic carbocycles. The topological polar surface area (TPSA) is 203 Å². The number of hydrogen-bond acceptors (Lipinski definition) is 12. The highest BCUT2D eigenvalue weighted by Gasteiger charge is 2.36. The number of nitrogens with zero attached hydrogens (tertiary/aromatic N) is 2. The maximum Gasteiger partial charge on any atom is 0.355 e. The van der Waals surface area contributed by atoms with Crippen molar-refractivity contribution in [2.45, 2.75) is 25.3 Å². The number of carbonyl (C=O) groups excluding carboxylic acids is 2. The van der Waals surface area contributed by atoms with Crippen molar-refractivity contribution in [3.63, 3.8) is 0 Å². The summed E-state index contributed by atoms with van der Waals surface area (Å²) >= 11 is 2.63. The second-order valence-corrected chi connectivity index (χ2v) is 8.38. The Morgan fingerprint density at radius 3 is 2.72 bits per heavy atom. The van der Waals surface area contributed by atoms with Gasteiger partial charge in [-0.25, -0.2) is 14.6 Å². The number of esters is 1. The smallest absolute Gasteiger partial charge is 0.355 e. The predicted molar refractivity (Wildman–Crippen MR) is 115 cm³/mol. The molecular formula is C17H21N5O8S2. The van der Waals surface area contributed by atoms with Crippen LogP contribution < -0.4 is 16.4 Å². The van der Waals surface area contributed by atoms with Gasteiger partial charge in [-0.3, -0.25) is 9.59 Å². The van der Waals surface area contributed by atoms with Crippen LogP contribution in [0.25, 0.3) is 0 Å². The molecule has 174 valence electrons. The number of rotatable bonds is 7. The number of oxime groups is 1. The van der Waals surface area contributed by atoms with Gasteiger partial charge in [0.25, 0.3) is 11.9 Å². The van der Waals surface area contributed by atoms with Gasteiger partial charge in [-0.2, -0.15) is 0 Å². The van der Waals surface area contributed by atoms with Gasteiger partial charge in [0, 0.05) is 30.2 Å². The van der Waals surface area contributed by atoms with Gasteiger partial charge in [0.1, 0.15) is 17.5 Å². The van der Waals surface area contributed by atoms with Crippen LogP contribution >= 0.6 is 23.1 Å². The van der Waals surface area contributed by atoms with Crippen LogP contribution in [-0.4, -0.2) is 75.1 Å². The van der Waals surface area contributed by atoms with E-state index in [2.05, 4.69) is 25.6 Å². The number of carboxylic acids is 2. The third-order valence-electron chi connectivity index (χ3n) is 3.82. The number of thiazole rings is 1. The molecule has 1 unspecified atom stereocenters. The van der Waals surface area contributed by atoms with E-state index in [0.29, 0.717) is 11.4 Å². The van der Waals surface area contributed by atoms with Crippen LogP contribution in [-0.2, 0) is 28.8 Å². The van der Waals surface area contributed by atoms with Crippen LogP contribution in [0.5, 0.6) is 0 Å². The molecule has 0 spiro atoms. The highest BCUT2D eigenvalue weighted by atomic mass is 32.2. The number of ether oxygens (including phenoxy) is 1.